The third kappa shape index (κ3) is 4.00. The number of aromatic nitrogens is 2. The Morgan fingerprint density at radius 1 is 1.17 bits per heavy atom. The van der Waals surface area contributed by atoms with Crippen LogP contribution in [0.4, 0.5) is 13.2 Å². The predicted octanol–water partition coefficient (Wildman–Crippen LogP) is 4.28. The Hall–Kier alpha value is -3.36. The van der Waals surface area contributed by atoms with E-state index in [-0.39, 0.29) is 24.8 Å². The molecular weight excluding hydrogens is 399 g/mol. The summed E-state index contributed by atoms with van der Waals surface area (Å²) < 4.78 is 48.8. The second-order valence-corrected chi connectivity index (χ2v) is 7.03. The van der Waals surface area contributed by atoms with Crippen molar-refractivity contribution in [2.75, 3.05) is 13.7 Å². The zero-order valence-electron chi connectivity index (χ0n) is 16.0. The maximum atomic E-state index is 12.7. The van der Waals surface area contributed by atoms with Gasteiger partial charge < -0.3 is 14.2 Å². The normalized spacial score (nSPS) is 16.9. The fourth-order valence-corrected chi connectivity index (χ4v) is 3.45. The molecule has 0 saturated carbocycles. The van der Waals surface area contributed by atoms with Gasteiger partial charge in [0.15, 0.2) is 0 Å². The summed E-state index contributed by atoms with van der Waals surface area (Å²) in [6, 6.07) is 12.1. The van der Waals surface area contributed by atoms with Crippen molar-refractivity contribution >= 4 is 5.91 Å². The highest BCUT2D eigenvalue weighted by Gasteiger charge is 2.35. The molecule has 0 aliphatic carbocycles. The molecule has 4 rings (SSSR count). The van der Waals surface area contributed by atoms with Crippen LogP contribution in [0.2, 0.25) is 0 Å². The van der Waals surface area contributed by atoms with E-state index in [1.165, 1.54) is 12.1 Å². The largest absolute Gasteiger partial charge is 0.496 e. The smallest absolute Gasteiger partial charge is 0.416 e. The van der Waals surface area contributed by atoms with Crippen LogP contribution in [-0.4, -0.2) is 34.6 Å². The van der Waals surface area contributed by atoms with Gasteiger partial charge in [-0.2, -0.15) is 18.2 Å². The van der Waals surface area contributed by atoms with E-state index in [1.54, 1.807) is 18.1 Å². The van der Waals surface area contributed by atoms with Crippen LogP contribution in [0.5, 0.6) is 5.75 Å². The van der Waals surface area contributed by atoms with Crippen molar-refractivity contribution in [2.24, 2.45) is 0 Å². The molecule has 30 heavy (non-hydrogen) atoms. The summed E-state index contributed by atoms with van der Waals surface area (Å²) in [5.74, 6) is 0.936. The summed E-state index contributed by atoms with van der Waals surface area (Å²) in [5.41, 5.74) is 0.588. The van der Waals surface area contributed by atoms with Gasteiger partial charge in [0.2, 0.25) is 17.6 Å². The lowest BCUT2D eigenvalue weighted by atomic mass is 10.1. The van der Waals surface area contributed by atoms with Gasteiger partial charge in [-0.3, -0.25) is 4.79 Å². The Bertz CT molecular complexity index is 1050. The lowest BCUT2D eigenvalue weighted by molar-refractivity contribution is -0.137. The number of ether oxygens (including phenoxy) is 1. The predicted molar refractivity (Wildman–Crippen MR) is 101 cm³/mol. The molecule has 1 aromatic heterocycles. The molecule has 1 aliphatic heterocycles. The number of halogens is 3. The SMILES string of the molecule is COc1ccccc1-c1noc(C2CC(=O)N(Cc3ccc(C(F)(F)F)cc3)C2)n1. The van der Waals surface area contributed by atoms with Gasteiger partial charge in [0.1, 0.15) is 5.75 Å². The Kier molecular flexibility index (Phi) is 5.19. The van der Waals surface area contributed by atoms with Gasteiger partial charge in [0.25, 0.3) is 0 Å². The third-order valence-electron chi connectivity index (χ3n) is 5.01. The molecule has 0 bridgehead atoms. The summed E-state index contributed by atoms with van der Waals surface area (Å²) in [5, 5.41) is 4.00. The maximum absolute atomic E-state index is 12.7. The monoisotopic (exact) mass is 417 g/mol. The van der Waals surface area contributed by atoms with E-state index in [0.29, 0.717) is 35.1 Å². The molecule has 156 valence electrons. The summed E-state index contributed by atoms with van der Waals surface area (Å²) in [6.07, 6.45) is -4.18. The zero-order chi connectivity index (χ0) is 21.3. The fraction of sp³-hybridized carbons (Fsp3) is 0.286. The second kappa shape index (κ2) is 7.81. The average molecular weight is 417 g/mol. The maximum Gasteiger partial charge on any atom is 0.416 e. The van der Waals surface area contributed by atoms with Crippen molar-refractivity contribution in [1.29, 1.82) is 0 Å². The van der Waals surface area contributed by atoms with Gasteiger partial charge in [0.05, 0.1) is 24.2 Å². The van der Waals surface area contributed by atoms with Gasteiger partial charge in [-0.15, -0.1) is 0 Å². The standard InChI is InChI=1S/C21H18F3N3O3/c1-29-17-5-3-2-4-16(17)19-25-20(30-26-19)14-10-18(28)27(12-14)11-13-6-8-15(9-7-13)21(22,23)24/h2-9,14H,10-12H2,1H3. The first-order valence-electron chi connectivity index (χ1n) is 9.26. The second-order valence-electron chi connectivity index (χ2n) is 7.03. The minimum atomic E-state index is -4.38. The number of alkyl halides is 3. The van der Waals surface area contributed by atoms with E-state index in [1.807, 2.05) is 18.2 Å². The van der Waals surface area contributed by atoms with Crippen LogP contribution in [0, 0.1) is 0 Å². The van der Waals surface area contributed by atoms with Gasteiger partial charge in [-0.05, 0) is 29.8 Å². The molecule has 1 unspecified atom stereocenters. The highest BCUT2D eigenvalue weighted by molar-refractivity contribution is 5.79. The van der Waals surface area contributed by atoms with Crippen molar-refractivity contribution in [2.45, 2.75) is 25.1 Å². The molecule has 9 heteroatoms. The number of rotatable bonds is 5. The number of likely N-dealkylation sites (tertiary alicyclic amines) is 1. The number of para-hydroxylation sites is 1. The minimum absolute atomic E-state index is 0.114. The molecule has 1 fully saturated rings. The number of amides is 1. The number of nitrogens with zero attached hydrogens (tertiary/aromatic N) is 3. The topological polar surface area (TPSA) is 68.5 Å². The van der Waals surface area contributed by atoms with E-state index in [2.05, 4.69) is 10.1 Å². The first-order valence-corrected chi connectivity index (χ1v) is 9.26. The summed E-state index contributed by atoms with van der Waals surface area (Å²) in [7, 11) is 1.55. The van der Waals surface area contributed by atoms with E-state index in [0.717, 1.165) is 12.1 Å². The van der Waals surface area contributed by atoms with Gasteiger partial charge in [-0.25, -0.2) is 0 Å². The van der Waals surface area contributed by atoms with Gasteiger partial charge >= 0.3 is 6.18 Å². The molecule has 1 amide bonds. The average Bonchev–Trinajstić information content (AvgIpc) is 3.35. The van der Waals surface area contributed by atoms with Crippen LogP contribution in [0.3, 0.4) is 0 Å². The van der Waals surface area contributed by atoms with Crippen LogP contribution in [0.15, 0.2) is 53.1 Å². The molecule has 1 aliphatic rings. The van der Waals surface area contributed by atoms with E-state index >= 15 is 0 Å². The molecule has 0 spiro atoms. The molecule has 3 aromatic rings. The summed E-state index contributed by atoms with van der Waals surface area (Å²) >= 11 is 0. The summed E-state index contributed by atoms with van der Waals surface area (Å²) in [4.78, 5) is 18.4. The van der Waals surface area contributed by atoms with Crippen LogP contribution in [0.1, 0.15) is 29.4 Å². The highest BCUT2D eigenvalue weighted by Crippen LogP contribution is 2.33. The zero-order valence-corrected chi connectivity index (χ0v) is 16.0. The Balaban J connectivity index is 1.46. The number of methoxy groups -OCH3 is 1. The van der Waals surface area contributed by atoms with E-state index in [9.17, 15) is 18.0 Å². The highest BCUT2D eigenvalue weighted by atomic mass is 19.4. The third-order valence-corrected chi connectivity index (χ3v) is 5.01. The molecular formula is C21H18F3N3O3. The Morgan fingerprint density at radius 2 is 1.90 bits per heavy atom. The van der Waals surface area contributed by atoms with Crippen molar-refractivity contribution in [3.05, 3.63) is 65.5 Å². The first-order chi connectivity index (χ1) is 14.3. The molecule has 0 N–H and O–H groups in total. The van der Waals surface area contributed by atoms with Crippen LogP contribution in [-0.2, 0) is 17.5 Å². The van der Waals surface area contributed by atoms with E-state index < -0.39 is 11.7 Å². The summed E-state index contributed by atoms with van der Waals surface area (Å²) in [6.45, 7) is 0.578. The lowest BCUT2D eigenvalue weighted by Crippen LogP contribution is -2.24. The minimum Gasteiger partial charge on any atom is -0.496 e. The van der Waals surface area contributed by atoms with Gasteiger partial charge in [-0.1, -0.05) is 29.4 Å². The van der Waals surface area contributed by atoms with Crippen LogP contribution < -0.4 is 4.74 Å². The molecule has 6 nitrogen and oxygen atoms in total. The van der Waals surface area contributed by atoms with Crippen molar-refractivity contribution in [1.82, 2.24) is 15.0 Å². The van der Waals surface area contributed by atoms with Crippen LogP contribution >= 0.6 is 0 Å². The quantitative estimate of drug-likeness (QED) is 0.620. The molecule has 2 aromatic carbocycles. The van der Waals surface area contributed by atoms with Crippen molar-refractivity contribution in [3.8, 4) is 17.1 Å². The van der Waals surface area contributed by atoms with Gasteiger partial charge in [0, 0.05) is 19.5 Å². The van der Waals surface area contributed by atoms with Crippen molar-refractivity contribution in [3.63, 3.8) is 0 Å². The van der Waals surface area contributed by atoms with E-state index in [4.69, 9.17) is 9.26 Å². The Morgan fingerprint density at radius 3 is 2.60 bits per heavy atom. The number of hydrogen-bond acceptors (Lipinski definition) is 5. The number of carbonyl (C=O) groups excluding carboxylic acids is 1. The number of hydrogen-bond donors (Lipinski definition) is 0. The molecule has 2 heterocycles. The van der Waals surface area contributed by atoms with Crippen molar-refractivity contribution < 1.29 is 27.2 Å². The number of benzene rings is 2. The molecule has 0 radical (unpaired) electrons. The Labute approximate surface area is 170 Å². The first kappa shape index (κ1) is 19.9. The fourth-order valence-electron chi connectivity index (χ4n) is 3.45. The van der Waals surface area contributed by atoms with Crippen LogP contribution in [0.25, 0.3) is 11.4 Å². The lowest BCUT2D eigenvalue weighted by Gasteiger charge is -2.16. The number of carbonyl (C=O) groups is 1. The molecule has 1 atom stereocenters. The molecule has 1 saturated heterocycles.